The first-order valence-electron chi connectivity index (χ1n) is 3.89. The number of hydrogen-bond acceptors (Lipinski definition) is 1. The summed E-state index contributed by atoms with van der Waals surface area (Å²) in [5, 5.41) is 2.79. The van der Waals surface area contributed by atoms with Gasteiger partial charge in [0.15, 0.2) is 5.96 Å². The van der Waals surface area contributed by atoms with E-state index >= 15 is 0 Å². The largest absolute Gasteiger partial charge is 0.370 e. The molecule has 0 fully saturated rings. The van der Waals surface area contributed by atoms with Crippen LogP contribution >= 0.6 is 0 Å². The van der Waals surface area contributed by atoms with Crippen LogP contribution in [0, 0.1) is 12.7 Å². The minimum absolute atomic E-state index is 0.272. The molecule has 0 aliphatic rings. The van der Waals surface area contributed by atoms with Gasteiger partial charge in [-0.15, -0.1) is 0 Å². The third-order valence-corrected chi connectivity index (χ3v) is 1.70. The molecule has 1 aromatic carbocycles. The zero-order valence-corrected chi connectivity index (χ0v) is 7.63. The minimum Gasteiger partial charge on any atom is -0.370 e. The van der Waals surface area contributed by atoms with E-state index in [1.165, 1.54) is 12.1 Å². The van der Waals surface area contributed by atoms with E-state index in [4.69, 9.17) is 5.73 Å². The van der Waals surface area contributed by atoms with Crippen molar-refractivity contribution in [3.8, 4) is 0 Å². The second-order valence-electron chi connectivity index (χ2n) is 2.69. The Morgan fingerprint density at radius 3 is 2.85 bits per heavy atom. The second kappa shape index (κ2) is 3.89. The normalized spacial score (nSPS) is 11.5. The van der Waals surface area contributed by atoms with Gasteiger partial charge in [0, 0.05) is 12.7 Å². The molecule has 1 rings (SSSR count). The van der Waals surface area contributed by atoms with Gasteiger partial charge < -0.3 is 11.1 Å². The van der Waals surface area contributed by atoms with Gasteiger partial charge in [-0.05, 0) is 24.6 Å². The summed E-state index contributed by atoms with van der Waals surface area (Å²) in [5.74, 6) is -0.0225. The smallest absolute Gasteiger partial charge is 0.192 e. The fourth-order valence-electron chi connectivity index (χ4n) is 0.923. The molecule has 70 valence electrons. The van der Waals surface area contributed by atoms with E-state index in [1.807, 2.05) is 6.92 Å². The van der Waals surface area contributed by atoms with E-state index in [0.29, 0.717) is 5.69 Å². The van der Waals surface area contributed by atoms with Crippen molar-refractivity contribution in [1.82, 2.24) is 0 Å². The van der Waals surface area contributed by atoms with Crippen LogP contribution in [0.4, 0.5) is 10.1 Å². The van der Waals surface area contributed by atoms with Crippen molar-refractivity contribution in [1.29, 1.82) is 0 Å². The first kappa shape index (κ1) is 9.51. The summed E-state index contributed by atoms with van der Waals surface area (Å²) in [6.45, 7) is 1.87. The molecule has 0 aliphatic heterocycles. The van der Waals surface area contributed by atoms with E-state index in [1.54, 1.807) is 13.1 Å². The highest BCUT2D eigenvalue weighted by molar-refractivity contribution is 5.92. The Bertz CT molecular complexity index is 334. The van der Waals surface area contributed by atoms with Crippen molar-refractivity contribution in [2.45, 2.75) is 6.92 Å². The third kappa shape index (κ3) is 2.43. The molecule has 0 aromatic heterocycles. The van der Waals surface area contributed by atoms with Crippen LogP contribution in [0.2, 0.25) is 0 Å². The highest BCUT2D eigenvalue weighted by Gasteiger charge is 2.00. The Morgan fingerprint density at radius 1 is 1.54 bits per heavy atom. The molecular weight excluding hydrogens is 169 g/mol. The number of benzene rings is 1. The quantitative estimate of drug-likeness (QED) is 0.509. The SMILES string of the molecule is CN=C(N)Nc1cc(F)ccc1C. The number of nitrogens with two attached hydrogens (primary N) is 1. The highest BCUT2D eigenvalue weighted by Crippen LogP contribution is 2.15. The Kier molecular flexibility index (Phi) is 2.84. The molecule has 0 amide bonds. The lowest BCUT2D eigenvalue weighted by molar-refractivity contribution is 0.628. The van der Waals surface area contributed by atoms with Crippen LogP contribution in [0.1, 0.15) is 5.56 Å². The number of rotatable bonds is 1. The maximum absolute atomic E-state index is 12.8. The van der Waals surface area contributed by atoms with E-state index in [-0.39, 0.29) is 11.8 Å². The molecule has 0 saturated heterocycles. The van der Waals surface area contributed by atoms with E-state index in [9.17, 15) is 4.39 Å². The number of nitrogens with one attached hydrogen (secondary N) is 1. The molecule has 0 radical (unpaired) electrons. The van der Waals surface area contributed by atoms with Gasteiger partial charge in [0.05, 0.1) is 0 Å². The summed E-state index contributed by atoms with van der Waals surface area (Å²) >= 11 is 0. The van der Waals surface area contributed by atoms with Crippen molar-refractivity contribution in [2.24, 2.45) is 10.7 Å². The van der Waals surface area contributed by atoms with Crippen molar-refractivity contribution in [3.05, 3.63) is 29.6 Å². The molecule has 1 aromatic rings. The van der Waals surface area contributed by atoms with Gasteiger partial charge in [-0.3, -0.25) is 4.99 Å². The van der Waals surface area contributed by atoms with Gasteiger partial charge in [-0.25, -0.2) is 4.39 Å². The monoisotopic (exact) mass is 181 g/mol. The lowest BCUT2D eigenvalue weighted by Crippen LogP contribution is -2.22. The number of aryl methyl sites for hydroxylation is 1. The van der Waals surface area contributed by atoms with Gasteiger partial charge in [0.1, 0.15) is 5.82 Å². The predicted octanol–water partition coefficient (Wildman–Crippen LogP) is 1.49. The minimum atomic E-state index is -0.294. The molecule has 3 nitrogen and oxygen atoms in total. The fraction of sp³-hybridized carbons (Fsp3) is 0.222. The van der Waals surface area contributed by atoms with Crippen molar-refractivity contribution < 1.29 is 4.39 Å². The van der Waals surface area contributed by atoms with Gasteiger partial charge in [0.2, 0.25) is 0 Å². The third-order valence-electron chi connectivity index (χ3n) is 1.70. The summed E-state index contributed by atoms with van der Waals surface area (Å²) in [4.78, 5) is 3.72. The summed E-state index contributed by atoms with van der Waals surface area (Å²) in [6.07, 6.45) is 0. The van der Waals surface area contributed by atoms with Gasteiger partial charge in [-0.2, -0.15) is 0 Å². The molecule has 0 heterocycles. The fourth-order valence-corrected chi connectivity index (χ4v) is 0.923. The summed E-state index contributed by atoms with van der Waals surface area (Å²) in [6, 6.07) is 4.47. The first-order chi connectivity index (χ1) is 6.13. The molecular formula is C9H12FN3. The van der Waals surface area contributed by atoms with Gasteiger partial charge in [0.25, 0.3) is 0 Å². The molecule has 0 unspecified atom stereocenters. The Balaban J connectivity index is 2.94. The zero-order valence-electron chi connectivity index (χ0n) is 7.63. The number of aliphatic imine (C=N–C) groups is 1. The maximum atomic E-state index is 12.8. The molecule has 0 aliphatic carbocycles. The second-order valence-corrected chi connectivity index (χ2v) is 2.69. The van der Waals surface area contributed by atoms with Crippen molar-refractivity contribution in [2.75, 3.05) is 12.4 Å². The van der Waals surface area contributed by atoms with Crippen LogP contribution in [-0.4, -0.2) is 13.0 Å². The summed E-state index contributed by atoms with van der Waals surface area (Å²) < 4.78 is 12.8. The average Bonchev–Trinajstić information content (AvgIpc) is 2.11. The van der Waals surface area contributed by atoms with Crippen LogP contribution in [0.25, 0.3) is 0 Å². The number of halogens is 1. The van der Waals surface area contributed by atoms with Crippen LogP contribution in [0.3, 0.4) is 0 Å². The maximum Gasteiger partial charge on any atom is 0.192 e. The summed E-state index contributed by atoms with van der Waals surface area (Å²) in [7, 11) is 1.57. The average molecular weight is 181 g/mol. The molecule has 3 N–H and O–H groups in total. The van der Waals surface area contributed by atoms with Crippen LogP contribution in [0.5, 0.6) is 0 Å². The Hall–Kier alpha value is -1.58. The van der Waals surface area contributed by atoms with E-state index in [0.717, 1.165) is 5.56 Å². The first-order valence-corrected chi connectivity index (χ1v) is 3.89. The predicted molar refractivity (Wildman–Crippen MR) is 52.3 cm³/mol. The summed E-state index contributed by atoms with van der Waals surface area (Å²) in [5.41, 5.74) is 7.01. The van der Waals surface area contributed by atoms with E-state index in [2.05, 4.69) is 10.3 Å². The molecule has 0 saturated carbocycles. The van der Waals surface area contributed by atoms with E-state index < -0.39 is 0 Å². The molecule has 0 bridgehead atoms. The standard InChI is InChI=1S/C9H12FN3/c1-6-3-4-7(10)5-8(6)13-9(11)12-2/h3-5H,1-2H3,(H3,11,12,13). The van der Waals surface area contributed by atoms with Gasteiger partial charge in [-0.1, -0.05) is 6.07 Å². The molecule has 13 heavy (non-hydrogen) atoms. The van der Waals surface area contributed by atoms with Crippen molar-refractivity contribution >= 4 is 11.6 Å². The number of hydrogen-bond donors (Lipinski definition) is 2. The molecule has 4 heteroatoms. The number of anilines is 1. The Labute approximate surface area is 76.5 Å². The Morgan fingerprint density at radius 2 is 2.23 bits per heavy atom. The van der Waals surface area contributed by atoms with Crippen molar-refractivity contribution in [3.63, 3.8) is 0 Å². The lowest BCUT2D eigenvalue weighted by atomic mass is 10.2. The molecule has 0 spiro atoms. The van der Waals surface area contributed by atoms with Gasteiger partial charge >= 0.3 is 0 Å². The van der Waals surface area contributed by atoms with Crippen LogP contribution in [0.15, 0.2) is 23.2 Å². The lowest BCUT2D eigenvalue weighted by Gasteiger charge is -2.07. The van der Waals surface area contributed by atoms with Crippen LogP contribution < -0.4 is 11.1 Å². The topological polar surface area (TPSA) is 50.4 Å². The highest BCUT2D eigenvalue weighted by atomic mass is 19.1. The number of guanidine groups is 1. The molecule has 0 atom stereocenters. The number of nitrogens with zero attached hydrogens (tertiary/aromatic N) is 1. The van der Waals surface area contributed by atoms with Crippen LogP contribution in [-0.2, 0) is 0 Å². The zero-order chi connectivity index (χ0) is 9.84.